The topological polar surface area (TPSA) is 82.5 Å². The molecule has 1 amide bonds. The molecule has 0 spiro atoms. The number of nitrogens with one attached hydrogen (secondary N) is 1. The number of benzene rings is 2. The van der Waals surface area contributed by atoms with E-state index in [0.29, 0.717) is 35.7 Å². The quantitative estimate of drug-likeness (QED) is 0.621. The van der Waals surface area contributed by atoms with Crippen LogP contribution in [0.2, 0.25) is 0 Å². The lowest BCUT2D eigenvalue weighted by atomic mass is 10.1. The summed E-state index contributed by atoms with van der Waals surface area (Å²) in [5.41, 5.74) is 3.11. The molecule has 1 aromatic heterocycles. The van der Waals surface area contributed by atoms with Crippen LogP contribution in [0.1, 0.15) is 11.1 Å². The van der Waals surface area contributed by atoms with Gasteiger partial charge in [-0.2, -0.15) is 5.10 Å². The Morgan fingerprint density at radius 2 is 1.87 bits per heavy atom. The molecule has 0 aliphatic rings. The molecule has 1 N–H and O–H groups in total. The van der Waals surface area contributed by atoms with Crippen molar-refractivity contribution in [2.24, 2.45) is 0 Å². The van der Waals surface area contributed by atoms with E-state index in [0.717, 1.165) is 11.1 Å². The van der Waals surface area contributed by atoms with Crippen molar-refractivity contribution < 1.29 is 14.3 Å². The second-order valence-electron chi connectivity index (χ2n) is 6.80. The van der Waals surface area contributed by atoms with Crippen molar-refractivity contribution >= 4 is 5.91 Å². The second kappa shape index (κ2) is 9.73. The monoisotopic (exact) mass is 407 g/mol. The van der Waals surface area contributed by atoms with Crippen LogP contribution in [0.3, 0.4) is 0 Å². The van der Waals surface area contributed by atoms with E-state index in [-0.39, 0.29) is 18.0 Å². The molecule has 0 bridgehead atoms. The van der Waals surface area contributed by atoms with Gasteiger partial charge in [-0.3, -0.25) is 9.59 Å². The minimum Gasteiger partial charge on any atom is -0.497 e. The zero-order chi connectivity index (χ0) is 21.5. The molecule has 0 fully saturated rings. The first-order valence-corrected chi connectivity index (χ1v) is 9.63. The Labute approximate surface area is 175 Å². The maximum atomic E-state index is 12.2. The van der Waals surface area contributed by atoms with Gasteiger partial charge in [0.15, 0.2) is 0 Å². The highest BCUT2D eigenvalue weighted by Crippen LogP contribution is 2.31. The van der Waals surface area contributed by atoms with Gasteiger partial charge < -0.3 is 14.8 Å². The summed E-state index contributed by atoms with van der Waals surface area (Å²) in [6.07, 6.45) is 0.302. The summed E-state index contributed by atoms with van der Waals surface area (Å²) in [5, 5.41) is 7.29. The van der Waals surface area contributed by atoms with Crippen molar-refractivity contribution in [2.45, 2.75) is 19.9 Å². The molecule has 0 saturated carbocycles. The molecule has 0 atom stereocenters. The highest BCUT2D eigenvalue weighted by molar-refractivity contribution is 5.78. The van der Waals surface area contributed by atoms with Crippen LogP contribution in [0.5, 0.6) is 11.5 Å². The van der Waals surface area contributed by atoms with Gasteiger partial charge in [0, 0.05) is 18.2 Å². The third-order valence-electron chi connectivity index (χ3n) is 4.81. The largest absolute Gasteiger partial charge is 0.497 e. The van der Waals surface area contributed by atoms with E-state index in [4.69, 9.17) is 9.47 Å². The standard InChI is InChI=1S/C23H25N3O4/c1-16-6-4-5-7-17(16)14-22(27)24-12-13-26-23(28)11-9-20(25-26)19-15-18(29-2)8-10-21(19)30-3/h4-11,15H,12-14H2,1-3H3,(H,24,27). The van der Waals surface area contributed by atoms with Crippen molar-refractivity contribution in [3.05, 3.63) is 76.1 Å². The maximum Gasteiger partial charge on any atom is 0.266 e. The molecular formula is C23H25N3O4. The highest BCUT2D eigenvalue weighted by Gasteiger charge is 2.11. The van der Waals surface area contributed by atoms with Gasteiger partial charge in [0.05, 0.1) is 32.9 Å². The first kappa shape index (κ1) is 21.1. The fourth-order valence-corrected chi connectivity index (χ4v) is 3.11. The van der Waals surface area contributed by atoms with Crippen LogP contribution in [0.25, 0.3) is 11.3 Å². The summed E-state index contributed by atoms with van der Waals surface area (Å²) in [5.74, 6) is 1.19. The fraction of sp³-hybridized carbons (Fsp3) is 0.261. The van der Waals surface area contributed by atoms with Crippen molar-refractivity contribution in [2.75, 3.05) is 20.8 Å². The van der Waals surface area contributed by atoms with Crippen LogP contribution in [0, 0.1) is 6.92 Å². The number of aryl methyl sites for hydroxylation is 1. The summed E-state index contributed by atoms with van der Waals surface area (Å²) < 4.78 is 12.0. The SMILES string of the molecule is COc1ccc(OC)c(-c2ccc(=O)n(CCNC(=O)Cc3ccccc3C)n2)c1. The molecular weight excluding hydrogens is 382 g/mol. The summed E-state index contributed by atoms with van der Waals surface area (Å²) in [6.45, 7) is 2.54. The van der Waals surface area contributed by atoms with Gasteiger partial charge in [-0.1, -0.05) is 24.3 Å². The lowest BCUT2D eigenvalue weighted by molar-refractivity contribution is -0.120. The maximum absolute atomic E-state index is 12.2. The normalized spacial score (nSPS) is 10.5. The number of methoxy groups -OCH3 is 2. The van der Waals surface area contributed by atoms with Crippen LogP contribution in [0.15, 0.2) is 59.4 Å². The van der Waals surface area contributed by atoms with Gasteiger partial charge in [0.2, 0.25) is 5.91 Å². The number of carbonyl (C=O) groups is 1. The predicted molar refractivity (Wildman–Crippen MR) is 115 cm³/mol. The Bertz CT molecular complexity index is 1090. The van der Waals surface area contributed by atoms with Crippen molar-refractivity contribution in [3.63, 3.8) is 0 Å². The molecule has 0 unspecified atom stereocenters. The van der Waals surface area contributed by atoms with E-state index < -0.39 is 0 Å². The smallest absolute Gasteiger partial charge is 0.266 e. The van der Waals surface area contributed by atoms with E-state index >= 15 is 0 Å². The zero-order valence-electron chi connectivity index (χ0n) is 17.3. The molecule has 0 aliphatic carbocycles. The van der Waals surface area contributed by atoms with Gasteiger partial charge >= 0.3 is 0 Å². The molecule has 2 aromatic carbocycles. The molecule has 156 valence electrons. The van der Waals surface area contributed by atoms with Crippen molar-refractivity contribution in [1.82, 2.24) is 15.1 Å². The average molecular weight is 407 g/mol. The molecule has 1 heterocycles. The highest BCUT2D eigenvalue weighted by atomic mass is 16.5. The molecule has 7 heteroatoms. The lowest BCUT2D eigenvalue weighted by Crippen LogP contribution is -2.32. The molecule has 0 aliphatic heterocycles. The second-order valence-corrected chi connectivity index (χ2v) is 6.80. The number of hydrogen-bond donors (Lipinski definition) is 1. The van der Waals surface area contributed by atoms with Gasteiger partial charge in [0.1, 0.15) is 11.5 Å². The Morgan fingerprint density at radius 3 is 2.60 bits per heavy atom. The number of aromatic nitrogens is 2. The first-order chi connectivity index (χ1) is 14.5. The van der Waals surface area contributed by atoms with Crippen molar-refractivity contribution in [1.29, 1.82) is 0 Å². The number of rotatable bonds is 8. The third-order valence-corrected chi connectivity index (χ3v) is 4.81. The van der Waals surface area contributed by atoms with E-state index in [1.165, 1.54) is 10.7 Å². The zero-order valence-corrected chi connectivity index (χ0v) is 17.3. The van der Waals surface area contributed by atoms with Crippen LogP contribution in [0.4, 0.5) is 0 Å². The predicted octanol–water partition coefficient (Wildman–Crippen LogP) is 2.59. The number of hydrogen-bond acceptors (Lipinski definition) is 5. The molecule has 7 nitrogen and oxygen atoms in total. The Balaban J connectivity index is 1.70. The third kappa shape index (κ3) is 5.05. The minimum absolute atomic E-state index is 0.0945. The van der Waals surface area contributed by atoms with Gasteiger partial charge in [-0.25, -0.2) is 4.68 Å². The first-order valence-electron chi connectivity index (χ1n) is 9.63. The molecule has 0 saturated heterocycles. The molecule has 30 heavy (non-hydrogen) atoms. The fourth-order valence-electron chi connectivity index (χ4n) is 3.11. The van der Waals surface area contributed by atoms with Crippen molar-refractivity contribution in [3.8, 4) is 22.8 Å². The molecule has 0 radical (unpaired) electrons. The van der Waals surface area contributed by atoms with Gasteiger partial charge in [0.25, 0.3) is 5.56 Å². The number of carbonyl (C=O) groups excluding carboxylic acids is 1. The Kier molecular flexibility index (Phi) is 6.85. The summed E-state index contributed by atoms with van der Waals surface area (Å²) in [6, 6.07) is 16.3. The number of ether oxygens (including phenoxy) is 2. The number of nitrogens with zero attached hydrogens (tertiary/aromatic N) is 2. The average Bonchev–Trinajstić information content (AvgIpc) is 2.76. The van der Waals surface area contributed by atoms with E-state index in [1.807, 2.05) is 31.2 Å². The van der Waals surface area contributed by atoms with Gasteiger partial charge in [-0.15, -0.1) is 0 Å². The lowest BCUT2D eigenvalue weighted by Gasteiger charge is -2.12. The summed E-state index contributed by atoms with van der Waals surface area (Å²) in [4.78, 5) is 24.5. The minimum atomic E-state index is -0.242. The molecule has 3 aromatic rings. The Morgan fingerprint density at radius 1 is 1.07 bits per heavy atom. The van der Waals surface area contributed by atoms with E-state index in [9.17, 15) is 9.59 Å². The Hall–Kier alpha value is -3.61. The van der Waals surface area contributed by atoms with Crippen LogP contribution in [-0.4, -0.2) is 36.5 Å². The van der Waals surface area contributed by atoms with E-state index in [1.54, 1.807) is 38.5 Å². The summed E-state index contributed by atoms with van der Waals surface area (Å²) in [7, 11) is 3.16. The van der Waals surface area contributed by atoms with Crippen LogP contribution in [-0.2, 0) is 17.8 Å². The van der Waals surface area contributed by atoms with Crippen LogP contribution >= 0.6 is 0 Å². The summed E-state index contributed by atoms with van der Waals surface area (Å²) >= 11 is 0. The molecule has 3 rings (SSSR count). The number of amides is 1. The van der Waals surface area contributed by atoms with E-state index in [2.05, 4.69) is 10.4 Å². The van der Waals surface area contributed by atoms with Crippen LogP contribution < -0.4 is 20.3 Å². The van der Waals surface area contributed by atoms with Gasteiger partial charge in [-0.05, 0) is 42.3 Å².